The summed E-state index contributed by atoms with van der Waals surface area (Å²) in [4.78, 5) is 25.4. The minimum absolute atomic E-state index is 0.0116. The molecule has 1 atom stereocenters. The molecule has 0 spiro atoms. The van der Waals surface area contributed by atoms with Crippen molar-refractivity contribution >= 4 is 38.4 Å². The predicted octanol–water partition coefficient (Wildman–Crippen LogP) is 3.05. The highest BCUT2D eigenvalue weighted by Crippen LogP contribution is 2.29. The van der Waals surface area contributed by atoms with Crippen LogP contribution in [0, 0.1) is 0 Å². The first-order valence-corrected chi connectivity index (χ1v) is 12.5. The summed E-state index contributed by atoms with van der Waals surface area (Å²) in [5.74, 6) is -1.23. The lowest BCUT2D eigenvalue weighted by Crippen LogP contribution is -2.40. The van der Waals surface area contributed by atoms with Crippen molar-refractivity contribution in [1.29, 1.82) is 0 Å². The Morgan fingerprint density at radius 2 is 1.74 bits per heavy atom. The second-order valence-electron chi connectivity index (χ2n) is 7.95. The number of fused-ring (bicyclic) bond motifs is 1. The Morgan fingerprint density at radius 3 is 2.49 bits per heavy atom. The van der Waals surface area contributed by atoms with Crippen LogP contribution in [-0.2, 0) is 24.3 Å². The molecule has 1 fully saturated rings. The summed E-state index contributed by atoms with van der Waals surface area (Å²) in [6.45, 7) is 2.42. The highest BCUT2D eigenvalue weighted by atomic mass is 32.2. The topological polar surface area (TPSA) is 111 Å². The first-order valence-electron chi connectivity index (χ1n) is 11.1. The molecule has 1 saturated heterocycles. The van der Waals surface area contributed by atoms with Gasteiger partial charge in [0.1, 0.15) is 10.6 Å². The molecule has 1 N–H and O–H groups in total. The van der Waals surface area contributed by atoms with E-state index in [1.807, 2.05) is 36.4 Å². The molecule has 9 nitrogen and oxygen atoms in total. The van der Waals surface area contributed by atoms with Gasteiger partial charge in [-0.3, -0.25) is 4.79 Å². The molecule has 184 valence electrons. The number of carbonyl (C=O) groups excluding carboxylic acids is 2. The van der Waals surface area contributed by atoms with Gasteiger partial charge in [-0.2, -0.15) is 4.31 Å². The fraction of sp³-hybridized carbons (Fsp3) is 0.280. The second kappa shape index (κ2) is 10.4. The first kappa shape index (κ1) is 24.6. The molecule has 4 rings (SSSR count). The molecular formula is C25H26N2O7S. The third-order valence-corrected chi connectivity index (χ3v) is 7.61. The van der Waals surface area contributed by atoms with Gasteiger partial charge in [0.15, 0.2) is 6.10 Å². The normalized spacial score (nSPS) is 15.4. The molecule has 0 radical (unpaired) electrons. The smallest absolute Gasteiger partial charge is 0.338 e. The van der Waals surface area contributed by atoms with Crippen LogP contribution in [0.1, 0.15) is 17.3 Å². The maximum absolute atomic E-state index is 13.2. The summed E-state index contributed by atoms with van der Waals surface area (Å²) >= 11 is 0. The van der Waals surface area contributed by atoms with Gasteiger partial charge in [-0.25, -0.2) is 13.2 Å². The number of hydrogen-bond donors (Lipinski definition) is 1. The maximum Gasteiger partial charge on any atom is 0.338 e. The van der Waals surface area contributed by atoms with Crippen molar-refractivity contribution in [3.05, 3.63) is 66.2 Å². The standard InChI is InChI=1S/C25H26N2O7S/c1-17(24(28)26-21-9-5-7-18-6-3-4-8-20(18)21)34-25(29)19-10-11-22(32-2)23(16-19)35(30,31)27-12-14-33-15-13-27/h3-11,16-17H,12-15H2,1-2H3,(H,26,28). The Balaban J connectivity index is 1.51. The number of esters is 1. The van der Waals surface area contributed by atoms with E-state index in [0.29, 0.717) is 5.69 Å². The molecule has 3 aromatic rings. The molecule has 0 aromatic heterocycles. The van der Waals surface area contributed by atoms with Crippen molar-refractivity contribution in [1.82, 2.24) is 4.31 Å². The number of morpholine rings is 1. The van der Waals surface area contributed by atoms with Crippen molar-refractivity contribution < 1.29 is 32.2 Å². The van der Waals surface area contributed by atoms with E-state index in [1.165, 1.54) is 36.5 Å². The lowest BCUT2D eigenvalue weighted by molar-refractivity contribution is -0.123. The van der Waals surface area contributed by atoms with Crippen molar-refractivity contribution in [3.63, 3.8) is 0 Å². The molecule has 1 heterocycles. The Hall–Kier alpha value is -3.47. The third-order valence-electron chi connectivity index (χ3n) is 5.69. The number of nitrogens with zero attached hydrogens (tertiary/aromatic N) is 1. The van der Waals surface area contributed by atoms with Gasteiger partial charge in [-0.15, -0.1) is 0 Å². The molecule has 1 unspecified atom stereocenters. The Morgan fingerprint density at radius 1 is 1.03 bits per heavy atom. The van der Waals surface area contributed by atoms with Crippen molar-refractivity contribution in [3.8, 4) is 5.75 Å². The molecular weight excluding hydrogens is 472 g/mol. The molecule has 1 aliphatic rings. The SMILES string of the molecule is COc1ccc(C(=O)OC(C)C(=O)Nc2cccc3ccccc23)cc1S(=O)(=O)N1CCOCC1. The number of nitrogens with one attached hydrogen (secondary N) is 1. The van der Waals surface area contributed by atoms with Crippen molar-refractivity contribution in [2.24, 2.45) is 0 Å². The van der Waals surface area contributed by atoms with Crippen molar-refractivity contribution in [2.75, 3.05) is 38.7 Å². The molecule has 10 heteroatoms. The van der Waals surface area contributed by atoms with Crippen LogP contribution < -0.4 is 10.1 Å². The molecule has 0 bridgehead atoms. The predicted molar refractivity (Wildman–Crippen MR) is 130 cm³/mol. The number of carbonyl (C=O) groups is 2. The van der Waals surface area contributed by atoms with E-state index in [-0.39, 0.29) is 42.5 Å². The van der Waals surface area contributed by atoms with Crippen LogP contribution in [0.3, 0.4) is 0 Å². The van der Waals surface area contributed by atoms with Gasteiger partial charge in [0.05, 0.1) is 25.9 Å². The maximum atomic E-state index is 13.2. The quantitative estimate of drug-likeness (QED) is 0.499. The largest absolute Gasteiger partial charge is 0.495 e. The third kappa shape index (κ3) is 5.29. The molecule has 1 amide bonds. The van der Waals surface area contributed by atoms with Gasteiger partial charge >= 0.3 is 5.97 Å². The molecule has 0 saturated carbocycles. The fourth-order valence-electron chi connectivity index (χ4n) is 3.78. The average Bonchev–Trinajstić information content (AvgIpc) is 2.88. The zero-order valence-electron chi connectivity index (χ0n) is 19.4. The Kier molecular flexibility index (Phi) is 7.34. The summed E-state index contributed by atoms with van der Waals surface area (Å²) in [5, 5.41) is 4.60. The number of sulfonamides is 1. The highest BCUT2D eigenvalue weighted by Gasteiger charge is 2.30. The van der Waals surface area contributed by atoms with E-state index in [0.717, 1.165) is 10.8 Å². The van der Waals surface area contributed by atoms with Crippen LogP contribution in [0.5, 0.6) is 5.75 Å². The highest BCUT2D eigenvalue weighted by molar-refractivity contribution is 7.89. The summed E-state index contributed by atoms with van der Waals surface area (Å²) in [6, 6.07) is 17.1. The molecule has 35 heavy (non-hydrogen) atoms. The number of methoxy groups -OCH3 is 1. The number of anilines is 1. The van der Waals surface area contributed by atoms with Crippen LogP contribution in [0.25, 0.3) is 10.8 Å². The van der Waals surface area contributed by atoms with Crippen LogP contribution >= 0.6 is 0 Å². The minimum Gasteiger partial charge on any atom is -0.495 e. The number of ether oxygens (including phenoxy) is 3. The number of benzene rings is 3. The Bertz CT molecular complexity index is 1350. The Labute approximate surface area is 203 Å². The van der Waals surface area contributed by atoms with E-state index >= 15 is 0 Å². The second-order valence-corrected chi connectivity index (χ2v) is 9.85. The summed E-state index contributed by atoms with van der Waals surface area (Å²) in [6.07, 6.45) is -1.12. The van der Waals surface area contributed by atoms with Gasteiger partial charge in [-0.05, 0) is 36.6 Å². The van der Waals surface area contributed by atoms with E-state index in [9.17, 15) is 18.0 Å². The van der Waals surface area contributed by atoms with Gasteiger partial charge in [0.2, 0.25) is 10.0 Å². The van der Waals surface area contributed by atoms with Crippen LogP contribution in [0.2, 0.25) is 0 Å². The fourth-order valence-corrected chi connectivity index (χ4v) is 5.37. The average molecular weight is 499 g/mol. The lowest BCUT2D eigenvalue weighted by atomic mass is 10.1. The zero-order valence-corrected chi connectivity index (χ0v) is 20.2. The van der Waals surface area contributed by atoms with E-state index in [2.05, 4.69) is 5.32 Å². The van der Waals surface area contributed by atoms with Crippen LogP contribution in [-0.4, -0.2) is 64.1 Å². The van der Waals surface area contributed by atoms with E-state index < -0.39 is 28.0 Å². The molecule has 0 aliphatic carbocycles. The summed E-state index contributed by atoms with van der Waals surface area (Å²) < 4.78 is 43.4. The minimum atomic E-state index is -3.93. The zero-order chi connectivity index (χ0) is 25.0. The summed E-state index contributed by atoms with van der Waals surface area (Å²) in [7, 11) is -2.57. The van der Waals surface area contributed by atoms with E-state index in [4.69, 9.17) is 14.2 Å². The van der Waals surface area contributed by atoms with Gasteiger partial charge < -0.3 is 19.5 Å². The number of amides is 1. The number of hydrogen-bond acceptors (Lipinski definition) is 7. The van der Waals surface area contributed by atoms with Gasteiger partial charge in [-0.1, -0.05) is 36.4 Å². The van der Waals surface area contributed by atoms with E-state index in [1.54, 1.807) is 6.07 Å². The summed E-state index contributed by atoms with van der Waals surface area (Å²) in [5.41, 5.74) is 0.585. The van der Waals surface area contributed by atoms with Crippen LogP contribution in [0.15, 0.2) is 65.6 Å². The lowest BCUT2D eigenvalue weighted by Gasteiger charge is -2.26. The van der Waals surface area contributed by atoms with Crippen LogP contribution in [0.4, 0.5) is 5.69 Å². The van der Waals surface area contributed by atoms with Crippen molar-refractivity contribution in [2.45, 2.75) is 17.9 Å². The number of rotatable bonds is 7. The molecule has 1 aliphatic heterocycles. The van der Waals surface area contributed by atoms with Gasteiger partial charge in [0.25, 0.3) is 5.91 Å². The first-order chi connectivity index (χ1) is 16.8. The monoisotopic (exact) mass is 498 g/mol. The van der Waals surface area contributed by atoms with Gasteiger partial charge in [0, 0.05) is 24.2 Å². The molecule has 3 aromatic carbocycles.